The SMILES string of the molecule is CCNC(=NCC(O)c1ccccc1F)N1CCC(NC(=O)OC(C)(C)C)C1. The quantitative estimate of drug-likeness (QED) is 0.528. The Balaban J connectivity index is 1.95. The van der Waals surface area contributed by atoms with Gasteiger partial charge >= 0.3 is 6.09 Å². The van der Waals surface area contributed by atoms with Gasteiger partial charge in [0.05, 0.1) is 12.6 Å². The Morgan fingerprint density at radius 2 is 2.14 bits per heavy atom. The van der Waals surface area contributed by atoms with Crippen LogP contribution in [0.1, 0.15) is 45.8 Å². The minimum atomic E-state index is -1.02. The molecule has 2 atom stereocenters. The molecule has 0 aliphatic carbocycles. The van der Waals surface area contributed by atoms with Crippen molar-refractivity contribution in [2.45, 2.75) is 51.9 Å². The Labute approximate surface area is 166 Å². The normalized spacial score (nSPS) is 18.7. The van der Waals surface area contributed by atoms with E-state index in [1.165, 1.54) is 6.07 Å². The maximum Gasteiger partial charge on any atom is 0.407 e. The van der Waals surface area contributed by atoms with Crippen LogP contribution < -0.4 is 10.6 Å². The number of aliphatic hydroxyl groups excluding tert-OH is 1. The summed E-state index contributed by atoms with van der Waals surface area (Å²) in [6, 6.07) is 6.10. The molecule has 2 rings (SSSR count). The fourth-order valence-electron chi connectivity index (χ4n) is 2.99. The molecule has 1 amide bonds. The van der Waals surface area contributed by atoms with Gasteiger partial charge in [-0.2, -0.15) is 0 Å². The summed E-state index contributed by atoms with van der Waals surface area (Å²) in [7, 11) is 0. The molecule has 0 radical (unpaired) electrons. The average Bonchev–Trinajstić information content (AvgIpc) is 3.05. The smallest absolute Gasteiger partial charge is 0.407 e. The summed E-state index contributed by atoms with van der Waals surface area (Å²) in [5.41, 5.74) is -0.310. The maximum absolute atomic E-state index is 13.8. The number of guanidine groups is 1. The standard InChI is InChI=1S/C20H31FN4O3/c1-5-22-18(23-12-17(26)15-8-6-7-9-16(15)21)25-11-10-14(13-25)24-19(27)28-20(2,3)4/h6-9,14,17,26H,5,10-13H2,1-4H3,(H,22,23)(H,24,27). The highest BCUT2D eigenvalue weighted by Gasteiger charge is 2.28. The van der Waals surface area contributed by atoms with Crippen LogP contribution in [-0.2, 0) is 4.74 Å². The number of nitrogens with one attached hydrogen (secondary N) is 2. The number of ether oxygens (including phenoxy) is 1. The first-order valence-corrected chi connectivity index (χ1v) is 9.65. The number of amides is 1. The van der Waals surface area contributed by atoms with Crippen molar-refractivity contribution in [2.75, 3.05) is 26.2 Å². The van der Waals surface area contributed by atoms with E-state index in [2.05, 4.69) is 15.6 Å². The van der Waals surface area contributed by atoms with Crippen LogP contribution in [0.5, 0.6) is 0 Å². The third kappa shape index (κ3) is 6.67. The van der Waals surface area contributed by atoms with Gasteiger partial charge in [-0.1, -0.05) is 18.2 Å². The Morgan fingerprint density at radius 3 is 2.79 bits per heavy atom. The average molecular weight is 394 g/mol. The van der Waals surface area contributed by atoms with Crippen LogP contribution in [0, 0.1) is 5.82 Å². The van der Waals surface area contributed by atoms with Crippen molar-refractivity contribution in [3.8, 4) is 0 Å². The van der Waals surface area contributed by atoms with E-state index in [1.54, 1.807) is 18.2 Å². The third-order valence-electron chi connectivity index (χ3n) is 4.22. The van der Waals surface area contributed by atoms with Gasteiger partial charge in [-0.25, -0.2) is 9.18 Å². The first-order valence-electron chi connectivity index (χ1n) is 9.65. The first kappa shape index (κ1) is 21.9. The number of likely N-dealkylation sites (tertiary alicyclic amines) is 1. The Morgan fingerprint density at radius 1 is 1.43 bits per heavy atom. The molecule has 0 aromatic heterocycles. The number of carbonyl (C=O) groups excluding carboxylic acids is 1. The molecule has 7 nitrogen and oxygen atoms in total. The van der Waals surface area contributed by atoms with E-state index in [0.717, 1.165) is 6.42 Å². The van der Waals surface area contributed by atoms with Gasteiger partial charge in [-0.05, 0) is 40.2 Å². The molecular weight excluding hydrogens is 363 g/mol. The number of alkyl carbamates (subject to hydrolysis) is 1. The monoisotopic (exact) mass is 394 g/mol. The fraction of sp³-hybridized carbons (Fsp3) is 0.600. The molecule has 1 saturated heterocycles. The molecule has 0 spiro atoms. The summed E-state index contributed by atoms with van der Waals surface area (Å²) in [6.07, 6.45) is -0.691. The molecule has 1 aromatic carbocycles. The van der Waals surface area contributed by atoms with E-state index in [4.69, 9.17) is 4.74 Å². The molecule has 1 aliphatic rings. The van der Waals surface area contributed by atoms with E-state index in [-0.39, 0.29) is 18.2 Å². The highest BCUT2D eigenvalue weighted by Crippen LogP contribution is 2.17. The van der Waals surface area contributed by atoms with Crippen molar-refractivity contribution >= 4 is 12.1 Å². The number of rotatable bonds is 5. The van der Waals surface area contributed by atoms with E-state index < -0.39 is 23.6 Å². The van der Waals surface area contributed by atoms with Gasteiger partial charge in [-0.15, -0.1) is 0 Å². The van der Waals surface area contributed by atoms with Gasteiger partial charge in [0.25, 0.3) is 0 Å². The largest absolute Gasteiger partial charge is 0.444 e. The summed E-state index contributed by atoms with van der Waals surface area (Å²) in [4.78, 5) is 18.4. The molecule has 8 heteroatoms. The summed E-state index contributed by atoms with van der Waals surface area (Å²) < 4.78 is 19.1. The molecule has 2 unspecified atom stereocenters. The summed E-state index contributed by atoms with van der Waals surface area (Å²) >= 11 is 0. The lowest BCUT2D eigenvalue weighted by Crippen LogP contribution is -2.44. The van der Waals surface area contributed by atoms with Gasteiger partial charge in [0.15, 0.2) is 5.96 Å². The van der Waals surface area contributed by atoms with Crippen molar-refractivity contribution < 1.29 is 19.0 Å². The third-order valence-corrected chi connectivity index (χ3v) is 4.22. The highest BCUT2D eigenvalue weighted by atomic mass is 19.1. The second kappa shape index (κ2) is 9.73. The van der Waals surface area contributed by atoms with Crippen LogP contribution in [-0.4, -0.2) is 59.9 Å². The number of hydrogen-bond acceptors (Lipinski definition) is 4. The number of aliphatic imine (C=N–C) groups is 1. The summed E-state index contributed by atoms with van der Waals surface area (Å²) in [6.45, 7) is 9.43. The lowest BCUT2D eigenvalue weighted by Gasteiger charge is -2.23. The first-order chi connectivity index (χ1) is 13.2. The molecule has 1 aromatic rings. The van der Waals surface area contributed by atoms with Gasteiger partial charge in [-0.3, -0.25) is 4.99 Å². The predicted molar refractivity (Wildman–Crippen MR) is 107 cm³/mol. The van der Waals surface area contributed by atoms with E-state index in [1.807, 2.05) is 32.6 Å². The Kier molecular flexibility index (Phi) is 7.62. The molecule has 1 fully saturated rings. The number of aliphatic hydroxyl groups is 1. The number of hydrogen-bond donors (Lipinski definition) is 3. The summed E-state index contributed by atoms with van der Waals surface area (Å²) in [5, 5.41) is 16.3. The number of halogens is 1. The minimum absolute atomic E-state index is 0.0456. The zero-order chi connectivity index (χ0) is 20.7. The molecular formula is C20H31FN4O3. The van der Waals surface area contributed by atoms with Crippen LogP contribution >= 0.6 is 0 Å². The van der Waals surface area contributed by atoms with E-state index >= 15 is 0 Å². The topological polar surface area (TPSA) is 86.2 Å². The van der Waals surface area contributed by atoms with Crippen LogP contribution in [0.15, 0.2) is 29.3 Å². The molecule has 1 heterocycles. The maximum atomic E-state index is 13.8. The van der Waals surface area contributed by atoms with Crippen LogP contribution in [0.4, 0.5) is 9.18 Å². The van der Waals surface area contributed by atoms with Crippen molar-refractivity contribution in [1.82, 2.24) is 15.5 Å². The van der Waals surface area contributed by atoms with E-state index in [0.29, 0.717) is 25.6 Å². The van der Waals surface area contributed by atoms with Crippen molar-refractivity contribution in [2.24, 2.45) is 4.99 Å². The number of carbonyl (C=O) groups is 1. The summed E-state index contributed by atoms with van der Waals surface area (Å²) in [5.74, 6) is 0.185. The molecule has 156 valence electrons. The lowest BCUT2D eigenvalue weighted by molar-refractivity contribution is 0.0507. The minimum Gasteiger partial charge on any atom is -0.444 e. The highest BCUT2D eigenvalue weighted by molar-refractivity contribution is 5.80. The number of nitrogens with zero attached hydrogens (tertiary/aromatic N) is 2. The van der Waals surface area contributed by atoms with Gasteiger partial charge in [0.2, 0.25) is 0 Å². The van der Waals surface area contributed by atoms with Gasteiger partial charge < -0.3 is 25.4 Å². The van der Waals surface area contributed by atoms with Crippen LogP contribution in [0.3, 0.4) is 0 Å². The predicted octanol–water partition coefficient (Wildman–Crippen LogP) is 2.42. The Hall–Kier alpha value is -2.35. The molecule has 0 bridgehead atoms. The van der Waals surface area contributed by atoms with Crippen molar-refractivity contribution in [3.63, 3.8) is 0 Å². The fourth-order valence-corrected chi connectivity index (χ4v) is 2.99. The zero-order valence-corrected chi connectivity index (χ0v) is 17.0. The Bertz CT molecular complexity index is 690. The molecule has 28 heavy (non-hydrogen) atoms. The molecule has 1 aliphatic heterocycles. The molecule has 3 N–H and O–H groups in total. The van der Waals surface area contributed by atoms with Crippen molar-refractivity contribution in [1.29, 1.82) is 0 Å². The van der Waals surface area contributed by atoms with Gasteiger partial charge in [0, 0.05) is 25.2 Å². The number of benzene rings is 1. The zero-order valence-electron chi connectivity index (χ0n) is 17.0. The second-order valence-corrected chi connectivity index (χ2v) is 7.81. The van der Waals surface area contributed by atoms with Crippen LogP contribution in [0.25, 0.3) is 0 Å². The second-order valence-electron chi connectivity index (χ2n) is 7.81. The lowest BCUT2D eigenvalue weighted by atomic mass is 10.1. The molecule has 0 saturated carbocycles. The van der Waals surface area contributed by atoms with Crippen LogP contribution in [0.2, 0.25) is 0 Å². The van der Waals surface area contributed by atoms with Gasteiger partial charge in [0.1, 0.15) is 17.5 Å². The van der Waals surface area contributed by atoms with E-state index in [9.17, 15) is 14.3 Å². The van der Waals surface area contributed by atoms with Crippen molar-refractivity contribution in [3.05, 3.63) is 35.6 Å².